The summed E-state index contributed by atoms with van der Waals surface area (Å²) in [4.78, 5) is 18.6. The van der Waals surface area contributed by atoms with Crippen LogP contribution in [0.25, 0.3) is 0 Å². The summed E-state index contributed by atoms with van der Waals surface area (Å²) in [5.41, 5.74) is -0.921. The highest BCUT2D eigenvalue weighted by atomic mass is 16.7. The first-order valence-corrected chi connectivity index (χ1v) is 5.21. The van der Waals surface area contributed by atoms with Crippen molar-refractivity contribution >= 4 is 5.91 Å². The first-order chi connectivity index (χ1) is 6.92. The van der Waals surface area contributed by atoms with Gasteiger partial charge in [-0.15, -0.1) is 0 Å². The minimum Gasteiger partial charge on any atom is -0.390 e. The number of rotatable bonds is 3. The van der Waals surface area contributed by atoms with E-state index in [9.17, 15) is 9.90 Å². The van der Waals surface area contributed by atoms with Crippen molar-refractivity contribution in [3.8, 4) is 0 Å². The zero-order chi connectivity index (χ0) is 11.5. The van der Waals surface area contributed by atoms with Crippen LogP contribution in [0.5, 0.6) is 0 Å². The first-order valence-electron chi connectivity index (χ1n) is 5.21. The smallest absolute Gasteiger partial charge is 0.225 e. The molecule has 0 bridgehead atoms. The van der Waals surface area contributed by atoms with Gasteiger partial charge in [-0.3, -0.25) is 4.79 Å². The average Bonchev–Trinajstić information content (AvgIpc) is 2.15. The van der Waals surface area contributed by atoms with Gasteiger partial charge >= 0.3 is 0 Å². The Morgan fingerprint density at radius 1 is 1.33 bits per heavy atom. The van der Waals surface area contributed by atoms with Gasteiger partial charge in [0.05, 0.1) is 19.1 Å². The fourth-order valence-corrected chi connectivity index (χ4v) is 1.60. The van der Waals surface area contributed by atoms with E-state index in [0.29, 0.717) is 13.1 Å². The molecule has 0 atom stereocenters. The van der Waals surface area contributed by atoms with Gasteiger partial charge in [0.2, 0.25) is 5.91 Å². The number of nitrogens with zero attached hydrogens (tertiary/aromatic N) is 2. The summed E-state index contributed by atoms with van der Waals surface area (Å²) in [6.07, 6.45) is 0.181. The summed E-state index contributed by atoms with van der Waals surface area (Å²) in [7, 11) is 1.63. The average molecular weight is 216 g/mol. The molecule has 88 valence electrons. The predicted molar refractivity (Wildman–Crippen MR) is 56.1 cm³/mol. The number of aliphatic hydroxyl groups is 1. The number of piperazine rings is 1. The van der Waals surface area contributed by atoms with E-state index in [0.717, 1.165) is 13.1 Å². The lowest BCUT2D eigenvalue weighted by Gasteiger charge is -2.34. The van der Waals surface area contributed by atoms with E-state index >= 15 is 0 Å². The second-order valence-electron chi connectivity index (χ2n) is 4.48. The van der Waals surface area contributed by atoms with E-state index in [4.69, 9.17) is 4.84 Å². The van der Waals surface area contributed by atoms with Crippen molar-refractivity contribution < 1.29 is 14.7 Å². The van der Waals surface area contributed by atoms with Gasteiger partial charge < -0.3 is 14.8 Å². The highest BCUT2D eigenvalue weighted by molar-refractivity contribution is 5.77. The Hall–Kier alpha value is -0.650. The van der Waals surface area contributed by atoms with Crippen LogP contribution in [0.1, 0.15) is 20.3 Å². The van der Waals surface area contributed by atoms with Crippen LogP contribution in [0, 0.1) is 0 Å². The fourth-order valence-electron chi connectivity index (χ4n) is 1.60. The highest BCUT2D eigenvalue weighted by Crippen LogP contribution is 2.11. The third-order valence-electron chi connectivity index (χ3n) is 2.43. The van der Waals surface area contributed by atoms with Crippen molar-refractivity contribution in [3.05, 3.63) is 0 Å². The Kier molecular flexibility index (Phi) is 4.07. The molecule has 0 radical (unpaired) electrons. The van der Waals surface area contributed by atoms with Crippen LogP contribution in [0.15, 0.2) is 0 Å². The molecule has 5 heteroatoms. The van der Waals surface area contributed by atoms with E-state index in [2.05, 4.69) is 0 Å². The lowest BCUT2D eigenvalue weighted by atomic mass is 10.0. The number of carbonyl (C=O) groups is 1. The molecule has 0 aromatic heterocycles. The Labute approximate surface area is 90.6 Å². The third-order valence-corrected chi connectivity index (χ3v) is 2.43. The summed E-state index contributed by atoms with van der Waals surface area (Å²) in [6.45, 7) is 6.10. The Morgan fingerprint density at radius 3 is 2.27 bits per heavy atom. The van der Waals surface area contributed by atoms with Gasteiger partial charge in [-0.05, 0) is 13.8 Å². The van der Waals surface area contributed by atoms with Gasteiger partial charge in [0.1, 0.15) is 0 Å². The molecule has 1 rings (SSSR count). The molecular weight excluding hydrogens is 196 g/mol. The Balaban J connectivity index is 2.37. The molecule has 1 heterocycles. The SMILES string of the molecule is CON1CCN(C(=O)CC(C)(C)O)CC1. The third kappa shape index (κ3) is 4.15. The topological polar surface area (TPSA) is 53.0 Å². The maximum atomic E-state index is 11.7. The lowest BCUT2D eigenvalue weighted by Crippen LogP contribution is -2.49. The van der Waals surface area contributed by atoms with Crippen molar-refractivity contribution in [2.45, 2.75) is 25.9 Å². The molecule has 1 amide bonds. The quantitative estimate of drug-likeness (QED) is 0.713. The Bertz CT molecular complexity index is 217. The van der Waals surface area contributed by atoms with Crippen molar-refractivity contribution in [2.24, 2.45) is 0 Å². The van der Waals surface area contributed by atoms with Crippen LogP contribution >= 0.6 is 0 Å². The second-order valence-corrected chi connectivity index (χ2v) is 4.48. The van der Waals surface area contributed by atoms with E-state index in [1.807, 2.05) is 5.06 Å². The lowest BCUT2D eigenvalue weighted by molar-refractivity contribution is -0.163. The van der Waals surface area contributed by atoms with Crippen LogP contribution in [0.2, 0.25) is 0 Å². The summed E-state index contributed by atoms with van der Waals surface area (Å²) in [6, 6.07) is 0. The second kappa shape index (κ2) is 4.92. The normalized spacial score (nSPS) is 19.3. The molecule has 0 aromatic rings. The molecular formula is C10H20N2O3. The molecule has 15 heavy (non-hydrogen) atoms. The van der Waals surface area contributed by atoms with E-state index in [1.54, 1.807) is 25.9 Å². The summed E-state index contributed by atoms with van der Waals surface area (Å²) in [5.74, 6) is 0.0123. The minimum absolute atomic E-state index is 0.0123. The maximum Gasteiger partial charge on any atom is 0.225 e. The molecule has 0 saturated carbocycles. The van der Waals surface area contributed by atoms with Crippen molar-refractivity contribution in [2.75, 3.05) is 33.3 Å². The molecule has 1 saturated heterocycles. The number of hydrogen-bond acceptors (Lipinski definition) is 4. The van der Waals surface area contributed by atoms with E-state index < -0.39 is 5.60 Å². The van der Waals surface area contributed by atoms with Crippen molar-refractivity contribution in [1.29, 1.82) is 0 Å². The first kappa shape index (κ1) is 12.4. The molecule has 5 nitrogen and oxygen atoms in total. The molecule has 1 aliphatic rings. The van der Waals surface area contributed by atoms with Gasteiger partial charge in [0, 0.05) is 26.2 Å². The van der Waals surface area contributed by atoms with Gasteiger partial charge in [-0.2, -0.15) is 5.06 Å². The van der Waals surface area contributed by atoms with Crippen LogP contribution < -0.4 is 0 Å². The van der Waals surface area contributed by atoms with Crippen LogP contribution in [0.3, 0.4) is 0 Å². The fraction of sp³-hybridized carbons (Fsp3) is 0.900. The zero-order valence-electron chi connectivity index (χ0n) is 9.69. The maximum absolute atomic E-state index is 11.7. The molecule has 1 fully saturated rings. The minimum atomic E-state index is -0.921. The largest absolute Gasteiger partial charge is 0.390 e. The highest BCUT2D eigenvalue weighted by Gasteiger charge is 2.25. The van der Waals surface area contributed by atoms with E-state index in [1.165, 1.54) is 0 Å². The number of hydroxylamine groups is 2. The van der Waals surface area contributed by atoms with Gasteiger partial charge in [-0.25, -0.2) is 0 Å². The monoisotopic (exact) mass is 216 g/mol. The Morgan fingerprint density at radius 2 is 1.87 bits per heavy atom. The van der Waals surface area contributed by atoms with E-state index in [-0.39, 0.29) is 12.3 Å². The molecule has 0 aromatic carbocycles. The van der Waals surface area contributed by atoms with Crippen LogP contribution in [-0.2, 0) is 9.63 Å². The molecule has 0 spiro atoms. The van der Waals surface area contributed by atoms with Crippen molar-refractivity contribution in [3.63, 3.8) is 0 Å². The van der Waals surface area contributed by atoms with Gasteiger partial charge in [-0.1, -0.05) is 0 Å². The summed E-state index contributed by atoms with van der Waals surface area (Å²) < 4.78 is 0. The predicted octanol–water partition coefficient (Wildman–Crippen LogP) is -0.147. The van der Waals surface area contributed by atoms with Crippen molar-refractivity contribution in [1.82, 2.24) is 9.96 Å². The van der Waals surface area contributed by atoms with Gasteiger partial charge in [0.15, 0.2) is 0 Å². The molecule has 0 unspecified atom stereocenters. The van der Waals surface area contributed by atoms with Crippen LogP contribution in [0.4, 0.5) is 0 Å². The molecule has 1 N–H and O–H groups in total. The summed E-state index contributed by atoms with van der Waals surface area (Å²) >= 11 is 0. The standard InChI is InChI=1S/C10H20N2O3/c1-10(2,14)8-9(13)11-4-6-12(15-3)7-5-11/h14H,4-8H2,1-3H3. The molecule has 1 aliphatic heterocycles. The van der Waals surface area contributed by atoms with Crippen LogP contribution in [-0.4, -0.2) is 59.9 Å². The molecule has 0 aliphatic carbocycles. The number of carbonyl (C=O) groups excluding carboxylic acids is 1. The number of amides is 1. The summed E-state index contributed by atoms with van der Waals surface area (Å²) in [5, 5.41) is 11.4. The number of hydrogen-bond donors (Lipinski definition) is 1. The van der Waals surface area contributed by atoms with Gasteiger partial charge in [0.25, 0.3) is 0 Å². The zero-order valence-corrected chi connectivity index (χ0v) is 9.69.